The average Bonchev–Trinajstić information content (AvgIpc) is 2.89. The molecule has 1 N–H and O–H groups in total. The van der Waals surface area contributed by atoms with Gasteiger partial charge >= 0.3 is 0 Å². The topological polar surface area (TPSA) is 85.2 Å². The predicted molar refractivity (Wildman–Crippen MR) is 95.5 cm³/mol. The lowest BCUT2D eigenvalue weighted by Gasteiger charge is -2.30. The Kier molecular flexibility index (Phi) is 4.73. The third-order valence-electron chi connectivity index (χ3n) is 5.12. The van der Waals surface area contributed by atoms with Gasteiger partial charge in [0.15, 0.2) is 5.75 Å². The molecule has 0 bridgehead atoms. The molecule has 0 spiro atoms. The van der Waals surface area contributed by atoms with Crippen molar-refractivity contribution < 1.29 is 9.53 Å². The molecule has 2 aromatic heterocycles. The highest BCUT2D eigenvalue weighted by Gasteiger charge is 2.30. The molecule has 0 unspecified atom stereocenters. The van der Waals surface area contributed by atoms with Crippen LogP contribution in [0.2, 0.25) is 0 Å². The van der Waals surface area contributed by atoms with Gasteiger partial charge in [-0.2, -0.15) is 5.10 Å². The van der Waals surface area contributed by atoms with E-state index in [4.69, 9.17) is 4.74 Å². The summed E-state index contributed by atoms with van der Waals surface area (Å²) in [6.07, 6.45) is 7.48. The van der Waals surface area contributed by atoms with E-state index in [1.807, 2.05) is 9.58 Å². The molecule has 8 heteroatoms. The Morgan fingerprint density at radius 2 is 2.08 bits per heavy atom. The molecule has 1 aliphatic carbocycles. The molecule has 8 nitrogen and oxygen atoms in total. The van der Waals surface area contributed by atoms with Crippen molar-refractivity contribution in [1.82, 2.24) is 24.6 Å². The van der Waals surface area contributed by atoms with Gasteiger partial charge in [0, 0.05) is 19.0 Å². The first-order chi connectivity index (χ1) is 12.7. The normalized spacial score (nSPS) is 17.2. The van der Waals surface area contributed by atoms with Crippen LogP contribution in [0.25, 0.3) is 0 Å². The van der Waals surface area contributed by atoms with Crippen molar-refractivity contribution in [2.24, 2.45) is 5.92 Å². The largest absolute Gasteiger partial charge is 0.494 e. The summed E-state index contributed by atoms with van der Waals surface area (Å²) < 4.78 is 7.08. The second-order valence-corrected chi connectivity index (χ2v) is 6.89. The fourth-order valence-corrected chi connectivity index (χ4v) is 3.39. The summed E-state index contributed by atoms with van der Waals surface area (Å²) in [5, 5.41) is 7.84. The van der Waals surface area contributed by atoms with Crippen molar-refractivity contribution in [2.75, 3.05) is 19.0 Å². The molecule has 4 rings (SSSR count). The summed E-state index contributed by atoms with van der Waals surface area (Å²) in [4.78, 5) is 23.0. The molecule has 3 heterocycles. The number of amides is 1. The fraction of sp³-hybridized carbons (Fsp3) is 0.556. The number of hydrogen-bond acceptors (Lipinski definition) is 6. The van der Waals surface area contributed by atoms with Crippen molar-refractivity contribution in [2.45, 2.75) is 45.3 Å². The maximum absolute atomic E-state index is 12.6. The van der Waals surface area contributed by atoms with E-state index in [0.717, 1.165) is 43.7 Å². The molecule has 0 atom stereocenters. The van der Waals surface area contributed by atoms with Crippen LogP contribution in [0.15, 0.2) is 18.5 Å². The summed E-state index contributed by atoms with van der Waals surface area (Å²) >= 11 is 0. The summed E-state index contributed by atoms with van der Waals surface area (Å²) in [5.74, 6) is 1.73. The lowest BCUT2D eigenvalue weighted by molar-refractivity contribution is -0.138. The van der Waals surface area contributed by atoms with Crippen molar-refractivity contribution in [3.05, 3.63) is 29.8 Å². The quantitative estimate of drug-likeness (QED) is 0.880. The standard InChI is InChI=1S/C18H24N6O2/c1-26-16-10-20-18(21-11-16)19-9-14-8-15-12-23(6-3-7-24(15)22-14)17(25)13-4-2-5-13/h8,10-11,13H,2-7,9,12H2,1H3,(H,19,20,21). The highest BCUT2D eigenvalue weighted by molar-refractivity contribution is 5.79. The van der Waals surface area contributed by atoms with Crippen LogP contribution >= 0.6 is 0 Å². The number of hydrogen-bond donors (Lipinski definition) is 1. The van der Waals surface area contributed by atoms with Gasteiger partial charge in [0.05, 0.1) is 44.0 Å². The number of ether oxygens (including phenoxy) is 1. The van der Waals surface area contributed by atoms with Crippen molar-refractivity contribution in [3.63, 3.8) is 0 Å². The minimum absolute atomic E-state index is 0.248. The van der Waals surface area contributed by atoms with Crippen LogP contribution < -0.4 is 10.1 Å². The van der Waals surface area contributed by atoms with Gasteiger partial charge < -0.3 is 15.0 Å². The van der Waals surface area contributed by atoms with Crippen LogP contribution in [0, 0.1) is 5.92 Å². The van der Waals surface area contributed by atoms with E-state index in [0.29, 0.717) is 30.7 Å². The molecule has 0 radical (unpaired) electrons. The maximum atomic E-state index is 12.6. The minimum atomic E-state index is 0.248. The Balaban J connectivity index is 1.39. The van der Waals surface area contributed by atoms with E-state index in [2.05, 4.69) is 26.4 Å². The van der Waals surface area contributed by atoms with E-state index in [9.17, 15) is 4.79 Å². The second kappa shape index (κ2) is 7.31. The molecular weight excluding hydrogens is 332 g/mol. The number of aryl methyl sites for hydroxylation is 1. The minimum Gasteiger partial charge on any atom is -0.494 e. The van der Waals surface area contributed by atoms with Gasteiger partial charge in [0.25, 0.3) is 0 Å². The number of carbonyl (C=O) groups excluding carboxylic acids is 1. The van der Waals surface area contributed by atoms with Gasteiger partial charge in [-0.15, -0.1) is 0 Å². The highest BCUT2D eigenvalue weighted by Crippen LogP contribution is 2.29. The third kappa shape index (κ3) is 3.49. The van der Waals surface area contributed by atoms with Gasteiger partial charge in [-0.25, -0.2) is 9.97 Å². The van der Waals surface area contributed by atoms with Gasteiger partial charge in [0.2, 0.25) is 11.9 Å². The summed E-state index contributed by atoms with van der Waals surface area (Å²) in [5.41, 5.74) is 2.03. The Labute approximate surface area is 152 Å². The number of nitrogens with one attached hydrogen (secondary N) is 1. The van der Waals surface area contributed by atoms with Gasteiger partial charge in [-0.1, -0.05) is 6.42 Å². The monoisotopic (exact) mass is 356 g/mol. The van der Waals surface area contributed by atoms with Gasteiger partial charge in [0.1, 0.15) is 0 Å². The number of anilines is 1. The van der Waals surface area contributed by atoms with Crippen molar-refractivity contribution in [3.8, 4) is 5.75 Å². The number of carbonyl (C=O) groups is 1. The number of methoxy groups -OCH3 is 1. The smallest absolute Gasteiger partial charge is 0.226 e. The third-order valence-corrected chi connectivity index (χ3v) is 5.12. The summed E-state index contributed by atoms with van der Waals surface area (Å²) in [7, 11) is 1.59. The van der Waals surface area contributed by atoms with Crippen LogP contribution in [-0.4, -0.2) is 44.2 Å². The lowest BCUT2D eigenvalue weighted by atomic mass is 9.84. The van der Waals surface area contributed by atoms with Gasteiger partial charge in [-0.05, 0) is 25.3 Å². The molecule has 0 aromatic carbocycles. The van der Waals surface area contributed by atoms with Crippen molar-refractivity contribution >= 4 is 11.9 Å². The Morgan fingerprint density at radius 1 is 1.27 bits per heavy atom. The number of fused-ring (bicyclic) bond motifs is 1. The predicted octanol–water partition coefficient (Wildman–Crippen LogP) is 1.83. The molecule has 1 aliphatic heterocycles. The number of aromatic nitrogens is 4. The van der Waals surface area contributed by atoms with E-state index in [1.54, 1.807) is 19.5 Å². The SMILES string of the molecule is COc1cnc(NCc2cc3n(n2)CCCN(C(=O)C2CCC2)C3)nc1. The van der Waals surface area contributed by atoms with Gasteiger partial charge in [-0.3, -0.25) is 9.48 Å². The molecule has 26 heavy (non-hydrogen) atoms. The maximum Gasteiger partial charge on any atom is 0.226 e. The molecule has 1 saturated carbocycles. The number of nitrogens with zero attached hydrogens (tertiary/aromatic N) is 5. The Morgan fingerprint density at radius 3 is 2.77 bits per heavy atom. The first-order valence-electron chi connectivity index (χ1n) is 9.17. The van der Waals surface area contributed by atoms with E-state index >= 15 is 0 Å². The van der Waals surface area contributed by atoms with Crippen LogP contribution in [0.5, 0.6) is 5.75 Å². The molecule has 0 saturated heterocycles. The summed E-state index contributed by atoms with van der Waals surface area (Å²) in [6, 6.07) is 2.07. The van der Waals surface area contributed by atoms with Crippen LogP contribution in [0.1, 0.15) is 37.1 Å². The molecule has 138 valence electrons. The van der Waals surface area contributed by atoms with Crippen molar-refractivity contribution in [1.29, 1.82) is 0 Å². The molecule has 1 fully saturated rings. The molecule has 2 aliphatic rings. The van der Waals surface area contributed by atoms with Crippen LogP contribution in [-0.2, 0) is 24.4 Å². The Hall–Kier alpha value is -2.64. The lowest BCUT2D eigenvalue weighted by Crippen LogP contribution is -2.38. The average molecular weight is 356 g/mol. The number of rotatable bonds is 5. The van der Waals surface area contributed by atoms with E-state index in [-0.39, 0.29) is 5.92 Å². The molecule has 2 aromatic rings. The first-order valence-corrected chi connectivity index (χ1v) is 9.17. The van der Waals surface area contributed by atoms with E-state index in [1.165, 1.54) is 6.42 Å². The highest BCUT2D eigenvalue weighted by atomic mass is 16.5. The second-order valence-electron chi connectivity index (χ2n) is 6.89. The summed E-state index contributed by atoms with van der Waals surface area (Å²) in [6.45, 7) is 2.87. The van der Waals surface area contributed by atoms with E-state index < -0.39 is 0 Å². The zero-order chi connectivity index (χ0) is 17.9. The van der Waals surface area contributed by atoms with Crippen LogP contribution in [0.4, 0.5) is 5.95 Å². The molecule has 1 amide bonds. The Bertz CT molecular complexity index is 768. The zero-order valence-corrected chi connectivity index (χ0v) is 15.0. The molecular formula is C18H24N6O2. The first kappa shape index (κ1) is 16.8. The zero-order valence-electron chi connectivity index (χ0n) is 15.0. The fourth-order valence-electron chi connectivity index (χ4n) is 3.39. The van der Waals surface area contributed by atoms with Crippen LogP contribution in [0.3, 0.4) is 0 Å².